The fourth-order valence-electron chi connectivity index (χ4n) is 3.46. The lowest BCUT2D eigenvalue weighted by atomic mass is 10.2. The molecule has 1 N–H and O–H groups in total. The maximum Gasteiger partial charge on any atom is 0.271 e. The second-order valence-corrected chi connectivity index (χ2v) is 7.99. The van der Waals surface area contributed by atoms with Crippen molar-refractivity contribution in [3.8, 4) is 5.75 Å². The molecule has 3 aromatic rings. The number of carbonyl (C=O) groups excluding carboxylic acids is 1. The van der Waals surface area contributed by atoms with E-state index in [1.807, 2.05) is 18.2 Å². The number of rotatable bonds is 6. The molecule has 1 amide bonds. The number of thiazole rings is 1. The number of halogens is 2. The molecule has 9 heteroatoms. The zero-order valence-corrected chi connectivity index (χ0v) is 17.8. The third kappa shape index (κ3) is 5.11. The molecule has 1 fully saturated rings. The van der Waals surface area contributed by atoms with Crippen LogP contribution in [0.5, 0.6) is 5.75 Å². The van der Waals surface area contributed by atoms with Crippen LogP contribution in [0.25, 0.3) is 0 Å². The SMILES string of the molecule is COc1cccc(N2CCN(c3nc(C(=O)NCc4cc(F)cc(F)c4)cs3)CC2)c1. The van der Waals surface area contributed by atoms with Crippen LogP contribution in [0, 0.1) is 11.6 Å². The standard InChI is InChI=1S/C22H22F2N4O2S/c1-30-19-4-2-3-18(12-19)27-5-7-28(8-6-27)22-26-20(14-31-22)21(29)25-13-15-9-16(23)11-17(24)10-15/h2-4,9-12,14H,5-8,13H2,1H3,(H,25,29). The predicted molar refractivity (Wildman–Crippen MR) is 117 cm³/mol. The lowest BCUT2D eigenvalue weighted by Gasteiger charge is -2.36. The van der Waals surface area contributed by atoms with Crippen molar-refractivity contribution in [3.05, 3.63) is 70.7 Å². The molecule has 0 radical (unpaired) electrons. The molecule has 1 saturated heterocycles. The van der Waals surface area contributed by atoms with Crippen molar-refractivity contribution < 1.29 is 18.3 Å². The molecule has 2 heterocycles. The van der Waals surface area contributed by atoms with Gasteiger partial charge >= 0.3 is 0 Å². The number of hydrogen-bond acceptors (Lipinski definition) is 6. The van der Waals surface area contributed by atoms with Gasteiger partial charge in [0.25, 0.3) is 5.91 Å². The summed E-state index contributed by atoms with van der Waals surface area (Å²) in [5, 5.41) is 5.14. The van der Waals surface area contributed by atoms with Crippen molar-refractivity contribution in [1.29, 1.82) is 0 Å². The normalized spacial score (nSPS) is 13.9. The number of benzene rings is 2. The van der Waals surface area contributed by atoms with E-state index in [2.05, 4.69) is 26.2 Å². The van der Waals surface area contributed by atoms with Gasteiger partial charge in [-0.15, -0.1) is 11.3 Å². The molecular weight excluding hydrogens is 422 g/mol. The number of methoxy groups -OCH3 is 1. The molecule has 0 saturated carbocycles. The number of hydrogen-bond donors (Lipinski definition) is 1. The van der Waals surface area contributed by atoms with Gasteiger partial charge in [-0.25, -0.2) is 13.8 Å². The van der Waals surface area contributed by atoms with Gasteiger partial charge in [0.05, 0.1) is 7.11 Å². The summed E-state index contributed by atoms with van der Waals surface area (Å²) < 4.78 is 31.9. The highest BCUT2D eigenvalue weighted by atomic mass is 32.1. The zero-order chi connectivity index (χ0) is 21.8. The van der Waals surface area contributed by atoms with Crippen molar-refractivity contribution in [2.24, 2.45) is 0 Å². The van der Waals surface area contributed by atoms with Crippen LogP contribution < -0.4 is 19.9 Å². The molecule has 6 nitrogen and oxygen atoms in total. The summed E-state index contributed by atoms with van der Waals surface area (Å²) in [5.74, 6) is -0.889. The average Bonchev–Trinajstić information content (AvgIpc) is 3.27. The predicted octanol–water partition coefficient (Wildman–Crippen LogP) is 3.69. The van der Waals surface area contributed by atoms with Gasteiger partial charge in [0.15, 0.2) is 5.13 Å². The summed E-state index contributed by atoms with van der Waals surface area (Å²) in [5.41, 5.74) is 1.77. The number of nitrogens with one attached hydrogen (secondary N) is 1. The fourth-order valence-corrected chi connectivity index (χ4v) is 4.32. The van der Waals surface area contributed by atoms with E-state index >= 15 is 0 Å². The van der Waals surface area contributed by atoms with Crippen LogP contribution >= 0.6 is 11.3 Å². The minimum absolute atomic E-state index is 0.0274. The molecule has 4 rings (SSSR count). The monoisotopic (exact) mass is 444 g/mol. The lowest BCUT2D eigenvalue weighted by molar-refractivity contribution is 0.0946. The second-order valence-electron chi connectivity index (χ2n) is 7.15. The highest BCUT2D eigenvalue weighted by Crippen LogP contribution is 2.26. The molecular formula is C22H22F2N4O2S. The fraction of sp³-hybridized carbons (Fsp3) is 0.273. The molecule has 2 aromatic carbocycles. The minimum atomic E-state index is -0.673. The number of amides is 1. The molecule has 0 bridgehead atoms. The van der Waals surface area contributed by atoms with Gasteiger partial charge in [0.2, 0.25) is 0 Å². The summed E-state index contributed by atoms with van der Waals surface area (Å²) in [7, 11) is 1.66. The van der Waals surface area contributed by atoms with E-state index in [0.29, 0.717) is 11.3 Å². The van der Waals surface area contributed by atoms with E-state index in [0.717, 1.165) is 48.8 Å². The first-order chi connectivity index (χ1) is 15.0. The molecule has 0 atom stereocenters. The van der Waals surface area contributed by atoms with E-state index in [1.54, 1.807) is 12.5 Å². The Morgan fingerprint density at radius 3 is 2.52 bits per heavy atom. The number of nitrogens with zero attached hydrogens (tertiary/aromatic N) is 3. The van der Waals surface area contributed by atoms with Gasteiger partial charge in [-0.1, -0.05) is 6.07 Å². The van der Waals surface area contributed by atoms with Crippen molar-refractivity contribution in [2.75, 3.05) is 43.1 Å². The number of anilines is 2. The smallest absolute Gasteiger partial charge is 0.271 e. The van der Waals surface area contributed by atoms with Gasteiger partial charge < -0.3 is 19.9 Å². The largest absolute Gasteiger partial charge is 0.497 e. The van der Waals surface area contributed by atoms with Gasteiger partial charge in [-0.05, 0) is 29.8 Å². The summed E-state index contributed by atoms with van der Waals surface area (Å²) in [6, 6.07) is 11.2. The Labute approximate surface area is 183 Å². The topological polar surface area (TPSA) is 57.7 Å². The van der Waals surface area contributed by atoms with Gasteiger partial charge in [0.1, 0.15) is 23.1 Å². The quantitative estimate of drug-likeness (QED) is 0.629. The highest BCUT2D eigenvalue weighted by molar-refractivity contribution is 7.13. The van der Waals surface area contributed by atoms with Gasteiger partial charge in [-0.2, -0.15) is 0 Å². The summed E-state index contributed by atoms with van der Waals surface area (Å²) >= 11 is 1.41. The van der Waals surface area contributed by atoms with E-state index in [9.17, 15) is 13.6 Å². The summed E-state index contributed by atoms with van der Waals surface area (Å²) in [6.45, 7) is 3.26. The van der Waals surface area contributed by atoms with Crippen LogP contribution in [0.3, 0.4) is 0 Å². The lowest BCUT2D eigenvalue weighted by Crippen LogP contribution is -2.46. The van der Waals surface area contributed by atoms with Crippen molar-refractivity contribution in [2.45, 2.75) is 6.54 Å². The minimum Gasteiger partial charge on any atom is -0.497 e. The molecule has 0 spiro atoms. The Morgan fingerprint density at radius 1 is 1.10 bits per heavy atom. The number of carbonyl (C=O) groups is 1. The van der Waals surface area contributed by atoms with Gasteiger partial charge in [0, 0.05) is 55.9 Å². The van der Waals surface area contributed by atoms with Gasteiger partial charge in [-0.3, -0.25) is 4.79 Å². The Morgan fingerprint density at radius 2 is 1.81 bits per heavy atom. The Balaban J connectivity index is 1.33. The zero-order valence-electron chi connectivity index (χ0n) is 17.0. The number of ether oxygens (including phenoxy) is 1. The Bertz CT molecular complexity index is 1050. The first-order valence-electron chi connectivity index (χ1n) is 9.84. The maximum absolute atomic E-state index is 13.3. The van der Waals surface area contributed by atoms with E-state index < -0.39 is 11.6 Å². The third-order valence-electron chi connectivity index (χ3n) is 5.07. The molecule has 1 aliphatic rings. The highest BCUT2D eigenvalue weighted by Gasteiger charge is 2.21. The molecule has 0 aliphatic carbocycles. The molecule has 1 aromatic heterocycles. The van der Waals surface area contributed by atoms with E-state index in [1.165, 1.54) is 23.5 Å². The Hall–Kier alpha value is -3.20. The maximum atomic E-state index is 13.3. The van der Waals surface area contributed by atoms with Crippen molar-refractivity contribution in [3.63, 3.8) is 0 Å². The van der Waals surface area contributed by atoms with Crippen molar-refractivity contribution >= 4 is 28.1 Å². The Kier molecular flexibility index (Phi) is 6.31. The number of aromatic nitrogens is 1. The van der Waals surface area contributed by atoms with Crippen LogP contribution in [-0.2, 0) is 6.54 Å². The van der Waals surface area contributed by atoms with Crippen LogP contribution in [-0.4, -0.2) is 44.2 Å². The van der Waals surface area contributed by atoms with Crippen molar-refractivity contribution in [1.82, 2.24) is 10.3 Å². The first kappa shape index (κ1) is 21.0. The van der Waals surface area contributed by atoms with E-state index in [-0.39, 0.29) is 12.5 Å². The first-order valence-corrected chi connectivity index (χ1v) is 10.7. The second kappa shape index (κ2) is 9.30. The van der Waals surface area contributed by atoms with Crippen LogP contribution in [0.2, 0.25) is 0 Å². The molecule has 31 heavy (non-hydrogen) atoms. The van der Waals surface area contributed by atoms with Crippen LogP contribution in [0.4, 0.5) is 19.6 Å². The summed E-state index contributed by atoms with van der Waals surface area (Å²) in [6.07, 6.45) is 0. The van der Waals surface area contributed by atoms with Crippen LogP contribution in [0.1, 0.15) is 16.1 Å². The third-order valence-corrected chi connectivity index (χ3v) is 5.97. The molecule has 0 unspecified atom stereocenters. The summed E-state index contributed by atoms with van der Waals surface area (Å²) in [4.78, 5) is 21.3. The average molecular weight is 445 g/mol. The molecule has 162 valence electrons. The van der Waals surface area contributed by atoms with E-state index in [4.69, 9.17) is 4.74 Å². The molecule has 1 aliphatic heterocycles. The van der Waals surface area contributed by atoms with Crippen LogP contribution in [0.15, 0.2) is 47.8 Å². The number of piperazine rings is 1.